The Kier molecular flexibility index (Phi) is 6.68. The number of urea groups is 1. The van der Waals surface area contributed by atoms with Crippen molar-refractivity contribution in [2.45, 2.75) is 26.3 Å². The second-order valence-corrected chi connectivity index (χ2v) is 5.20. The molecule has 1 unspecified atom stereocenters. The highest BCUT2D eigenvalue weighted by Crippen LogP contribution is 2.10. The first-order valence-corrected chi connectivity index (χ1v) is 6.78. The minimum Gasteiger partial charge on any atom is -0.481 e. The van der Waals surface area contributed by atoms with E-state index in [1.54, 1.807) is 31.2 Å². The van der Waals surface area contributed by atoms with E-state index in [-0.39, 0.29) is 25.3 Å². The quantitative estimate of drug-likeness (QED) is 0.750. The third-order valence-electron chi connectivity index (χ3n) is 2.65. The number of amides is 3. The number of rotatable bonds is 6. The molecule has 0 bridgehead atoms. The van der Waals surface area contributed by atoms with Gasteiger partial charge >= 0.3 is 12.0 Å². The summed E-state index contributed by atoms with van der Waals surface area (Å²) >= 11 is 5.81. The highest BCUT2D eigenvalue weighted by Gasteiger charge is 2.14. The van der Waals surface area contributed by atoms with Gasteiger partial charge in [-0.2, -0.15) is 0 Å². The zero-order valence-electron chi connectivity index (χ0n) is 11.6. The first-order valence-electron chi connectivity index (χ1n) is 6.40. The Morgan fingerprint density at radius 1 is 1.29 bits per heavy atom. The van der Waals surface area contributed by atoms with Crippen LogP contribution in [-0.4, -0.2) is 23.0 Å². The first kappa shape index (κ1) is 17.0. The molecule has 0 spiro atoms. The molecular weight excluding hydrogens is 296 g/mol. The van der Waals surface area contributed by atoms with E-state index in [1.165, 1.54) is 0 Å². The molecule has 0 radical (unpaired) electrons. The Morgan fingerprint density at radius 2 is 2.00 bits per heavy atom. The lowest BCUT2D eigenvalue weighted by molar-refractivity contribution is -0.138. The molecule has 0 heterocycles. The number of hydrogen-bond acceptors (Lipinski definition) is 3. The van der Waals surface area contributed by atoms with Crippen LogP contribution in [0.25, 0.3) is 0 Å². The number of carbonyl (C=O) groups is 3. The summed E-state index contributed by atoms with van der Waals surface area (Å²) in [6.45, 7) is 1.88. The average molecular weight is 313 g/mol. The Labute approximate surface area is 127 Å². The Bertz CT molecular complexity index is 533. The van der Waals surface area contributed by atoms with Crippen LogP contribution in [0.15, 0.2) is 24.3 Å². The number of hydrogen-bond donors (Lipinski definition) is 3. The van der Waals surface area contributed by atoms with Crippen LogP contribution in [0.1, 0.15) is 25.3 Å². The van der Waals surface area contributed by atoms with E-state index >= 15 is 0 Å². The highest BCUT2D eigenvalue weighted by atomic mass is 35.5. The maximum absolute atomic E-state index is 11.5. The molecule has 0 fully saturated rings. The first-order chi connectivity index (χ1) is 9.86. The van der Waals surface area contributed by atoms with Crippen molar-refractivity contribution in [3.05, 3.63) is 34.9 Å². The van der Waals surface area contributed by atoms with Crippen LogP contribution in [0.2, 0.25) is 5.02 Å². The molecule has 114 valence electrons. The minimum absolute atomic E-state index is 0.0170. The van der Waals surface area contributed by atoms with Gasteiger partial charge < -0.3 is 10.4 Å². The summed E-state index contributed by atoms with van der Waals surface area (Å²) in [6, 6.07) is 6.36. The van der Waals surface area contributed by atoms with Crippen molar-refractivity contribution in [1.29, 1.82) is 0 Å². The third kappa shape index (κ3) is 7.31. The SMILES string of the molecule is CC(CC(=O)O)CC(=O)NC(=O)NCc1cccc(Cl)c1. The molecule has 0 aliphatic rings. The number of carboxylic acids is 1. The van der Waals surface area contributed by atoms with Crippen LogP contribution in [0, 0.1) is 5.92 Å². The molecular formula is C14H17ClN2O4. The highest BCUT2D eigenvalue weighted by molar-refractivity contribution is 6.30. The molecule has 0 aliphatic carbocycles. The maximum Gasteiger partial charge on any atom is 0.321 e. The summed E-state index contributed by atoms with van der Waals surface area (Å²) in [5.41, 5.74) is 0.810. The molecule has 0 saturated heterocycles. The number of aliphatic carboxylic acids is 1. The van der Waals surface area contributed by atoms with Crippen LogP contribution in [0.4, 0.5) is 4.79 Å². The molecule has 0 aromatic heterocycles. The van der Waals surface area contributed by atoms with Gasteiger partial charge in [-0.3, -0.25) is 14.9 Å². The lowest BCUT2D eigenvalue weighted by Gasteiger charge is -2.10. The van der Waals surface area contributed by atoms with E-state index in [1.807, 2.05) is 0 Å². The smallest absolute Gasteiger partial charge is 0.321 e. The molecule has 21 heavy (non-hydrogen) atoms. The molecule has 0 aliphatic heterocycles. The van der Waals surface area contributed by atoms with Gasteiger partial charge in [-0.15, -0.1) is 0 Å². The fourth-order valence-electron chi connectivity index (χ4n) is 1.74. The van der Waals surface area contributed by atoms with Crippen molar-refractivity contribution in [3.8, 4) is 0 Å². The molecule has 6 nitrogen and oxygen atoms in total. The molecule has 1 atom stereocenters. The van der Waals surface area contributed by atoms with Crippen LogP contribution in [0.5, 0.6) is 0 Å². The standard InChI is InChI=1S/C14H17ClN2O4/c1-9(6-13(19)20)5-12(18)17-14(21)16-8-10-3-2-4-11(15)7-10/h2-4,7,9H,5-6,8H2,1H3,(H,19,20)(H2,16,17,18,21). The molecule has 7 heteroatoms. The summed E-state index contributed by atoms with van der Waals surface area (Å²) in [5, 5.41) is 13.8. The molecule has 1 rings (SSSR count). The van der Waals surface area contributed by atoms with Gasteiger partial charge in [-0.25, -0.2) is 4.79 Å². The Morgan fingerprint density at radius 3 is 2.62 bits per heavy atom. The van der Waals surface area contributed by atoms with Gasteiger partial charge in [-0.1, -0.05) is 30.7 Å². The molecule has 3 N–H and O–H groups in total. The molecule has 1 aromatic carbocycles. The van der Waals surface area contributed by atoms with Crippen molar-refractivity contribution >= 4 is 29.5 Å². The van der Waals surface area contributed by atoms with Crippen molar-refractivity contribution < 1.29 is 19.5 Å². The van der Waals surface area contributed by atoms with Gasteiger partial charge in [0, 0.05) is 24.4 Å². The molecule has 3 amide bonds. The number of carboxylic acid groups (broad SMARTS) is 1. The summed E-state index contributed by atoms with van der Waals surface area (Å²) in [4.78, 5) is 33.5. The van der Waals surface area contributed by atoms with Gasteiger partial charge in [0.05, 0.1) is 0 Å². The second-order valence-electron chi connectivity index (χ2n) is 4.77. The lowest BCUT2D eigenvalue weighted by Crippen LogP contribution is -2.39. The van der Waals surface area contributed by atoms with Crippen LogP contribution in [-0.2, 0) is 16.1 Å². The lowest BCUT2D eigenvalue weighted by atomic mass is 10.0. The van der Waals surface area contributed by atoms with E-state index in [2.05, 4.69) is 10.6 Å². The summed E-state index contributed by atoms with van der Waals surface area (Å²) in [5.74, 6) is -1.81. The van der Waals surface area contributed by atoms with Crippen molar-refractivity contribution in [1.82, 2.24) is 10.6 Å². The van der Waals surface area contributed by atoms with Gasteiger partial charge in [0.25, 0.3) is 0 Å². The van der Waals surface area contributed by atoms with Gasteiger partial charge in [0.15, 0.2) is 0 Å². The van der Waals surface area contributed by atoms with Crippen LogP contribution < -0.4 is 10.6 Å². The zero-order valence-corrected chi connectivity index (χ0v) is 12.3. The van der Waals surface area contributed by atoms with E-state index < -0.39 is 17.9 Å². The van der Waals surface area contributed by atoms with E-state index in [0.717, 1.165) is 5.56 Å². The van der Waals surface area contributed by atoms with Crippen molar-refractivity contribution in [2.24, 2.45) is 5.92 Å². The number of halogens is 1. The number of imide groups is 1. The van der Waals surface area contributed by atoms with Crippen molar-refractivity contribution in [2.75, 3.05) is 0 Å². The van der Waals surface area contributed by atoms with E-state index in [0.29, 0.717) is 5.02 Å². The average Bonchev–Trinajstić information content (AvgIpc) is 2.35. The fourth-order valence-corrected chi connectivity index (χ4v) is 1.95. The maximum atomic E-state index is 11.5. The minimum atomic E-state index is -0.972. The Balaban J connectivity index is 2.33. The number of benzene rings is 1. The van der Waals surface area contributed by atoms with E-state index in [4.69, 9.17) is 16.7 Å². The van der Waals surface area contributed by atoms with Crippen LogP contribution in [0.3, 0.4) is 0 Å². The third-order valence-corrected chi connectivity index (χ3v) is 2.89. The van der Waals surface area contributed by atoms with Crippen molar-refractivity contribution in [3.63, 3.8) is 0 Å². The topological polar surface area (TPSA) is 95.5 Å². The monoisotopic (exact) mass is 312 g/mol. The normalized spacial score (nSPS) is 11.5. The number of carbonyl (C=O) groups excluding carboxylic acids is 2. The summed E-state index contributed by atoms with van der Waals surface area (Å²) < 4.78 is 0. The Hall–Kier alpha value is -2.08. The summed E-state index contributed by atoms with van der Waals surface area (Å²) in [6.07, 6.45) is -0.131. The van der Waals surface area contributed by atoms with Gasteiger partial charge in [-0.05, 0) is 23.6 Å². The molecule has 1 aromatic rings. The van der Waals surface area contributed by atoms with Gasteiger partial charge in [0.2, 0.25) is 5.91 Å². The predicted octanol–water partition coefficient (Wildman–Crippen LogP) is 2.17. The van der Waals surface area contributed by atoms with Crippen LogP contribution >= 0.6 is 11.6 Å². The summed E-state index contributed by atoms with van der Waals surface area (Å²) in [7, 11) is 0. The number of nitrogens with one attached hydrogen (secondary N) is 2. The molecule has 0 saturated carbocycles. The second kappa shape index (κ2) is 8.26. The van der Waals surface area contributed by atoms with E-state index in [9.17, 15) is 14.4 Å². The predicted molar refractivity (Wildman–Crippen MR) is 77.9 cm³/mol. The largest absolute Gasteiger partial charge is 0.481 e. The fraction of sp³-hybridized carbons (Fsp3) is 0.357. The van der Waals surface area contributed by atoms with Gasteiger partial charge in [0.1, 0.15) is 0 Å². The zero-order chi connectivity index (χ0) is 15.8.